The van der Waals surface area contributed by atoms with E-state index in [1.165, 1.54) is 22.5 Å². The first-order valence-electron chi connectivity index (χ1n) is 9.94. The molecule has 0 atom stereocenters. The molecular formula is C25H19N3O2S. The van der Waals surface area contributed by atoms with Gasteiger partial charge in [0.15, 0.2) is 5.16 Å². The minimum atomic E-state index is -0.881. The Hall–Kier alpha value is -3.64. The van der Waals surface area contributed by atoms with Crippen molar-refractivity contribution in [2.45, 2.75) is 11.6 Å². The molecule has 0 aliphatic carbocycles. The smallest absolute Gasteiger partial charge is 0.313 e. The van der Waals surface area contributed by atoms with Crippen LogP contribution in [0.15, 0.2) is 90.1 Å². The molecule has 1 aromatic heterocycles. The molecule has 0 saturated carbocycles. The first-order chi connectivity index (χ1) is 15.2. The van der Waals surface area contributed by atoms with E-state index in [-0.39, 0.29) is 5.75 Å². The topological polar surface area (TPSA) is 68.0 Å². The van der Waals surface area contributed by atoms with Gasteiger partial charge in [0.25, 0.3) is 0 Å². The number of aromatic nitrogens is 3. The van der Waals surface area contributed by atoms with E-state index in [2.05, 4.69) is 64.8 Å². The largest absolute Gasteiger partial charge is 0.481 e. The highest BCUT2D eigenvalue weighted by Crippen LogP contribution is 2.27. The highest BCUT2D eigenvalue weighted by molar-refractivity contribution is 7.99. The van der Waals surface area contributed by atoms with Crippen molar-refractivity contribution in [1.29, 1.82) is 0 Å². The Balaban J connectivity index is 1.62. The highest BCUT2D eigenvalue weighted by Gasteiger charge is 2.17. The quantitative estimate of drug-likeness (QED) is 0.372. The van der Waals surface area contributed by atoms with Crippen LogP contribution in [0.3, 0.4) is 0 Å². The van der Waals surface area contributed by atoms with Gasteiger partial charge < -0.3 is 5.11 Å². The van der Waals surface area contributed by atoms with Crippen molar-refractivity contribution in [3.05, 3.63) is 96.3 Å². The maximum atomic E-state index is 11.2. The third-order valence-corrected chi connectivity index (χ3v) is 6.16. The van der Waals surface area contributed by atoms with Crippen LogP contribution in [0.5, 0.6) is 0 Å². The number of fused-ring (bicyclic) bond motifs is 2. The van der Waals surface area contributed by atoms with Gasteiger partial charge in [-0.05, 0) is 39.2 Å². The molecule has 0 unspecified atom stereocenters. The highest BCUT2D eigenvalue weighted by atomic mass is 32.2. The summed E-state index contributed by atoms with van der Waals surface area (Å²) in [6.45, 7) is 0. The number of aliphatic carboxylic acids is 1. The molecule has 1 heterocycles. The number of nitrogens with zero attached hydrogens (tertiary/aromatic N) is 3. The van der Waals surface area contributed by atoms with Crippen LogP contribution in [0, 0.1) is 0 Å². The van der Waals surface area contributed by atoms with Crippen LogP contribution >= 0.6 is 11.8 Å². The Morgan fingerprint density at radius 2 is 1.58 bits per heavy atom. The lowest BCUT2D eigenvalue weighted by Crippen LogP contribution is -2.06. The Morgan fingerprint density at radius 1 is 0.839 bits per heavy atom. The number of thioether (sulfide) groups is 1. The Morgan fingerprint density at radius 3 is 2.42 bits per heavy atom. The second kappa shape index (κ2) is 8.24. The molecule has 1 N–H and O–H groups in total. The average molecular weight is 426 g/mol. The van der Waals surface area contributed by atoms with Gasteiger partial charge in [-0.1, -0.05) is 84.6 Å². The van der Waals surface area contributed by atoms with Crippen molar-refractivity contribution in [1.82, 2.24) is 14.8 Å². The molecule has 152 valence electrons. The molecule has 0 radical (unpaired) electrons. The van der Waals surface area contributed by atoms with Crippen LogP contribution in [0.1, 0.15) is 11.4 Å². The molecule has 0 amide bonds. The average Bonchev–Trinajstić information content (AvgIpc) is 3.20. The van der Waals surface area contributed by atoms with E-state index >= 15 is 0 Å². The van der Waals surface area contributed by atoms with Gasteiger partial charge in [-0.15, -0.1) is 10.2 Å². The van der Waals surface area contributed by atoms with E-state index in [4.69, 9.17) is 5.11 Å². The van der Waals surface area contributed by atoms with Crippen LogP contribution < -0.4 is 0 Å². The van der Waals surface area contributed by atoms with Gasteiger partial charge in [0.2, 0.25) is 0 Å². The van der Waals surface area contributed by atoms with E-state index in [0.717, 1.165) is 27.8 Å². The van der Waals surface area contributed by atoms with Crippen LogP contribution in [0.4, 0.5) is 0 Å². The second-order valence-electron chi connectivity index (χ2n) is 7.26. The number of rotatable bonds is 6. The number of carbonyl (C=O) groups is 1. The minimum absolute atomic E-state index is 0.0695. The zero-order valence-corrected chi connectivity index (χ0v) is 17.4. The number of hydrogen-bond acceptors (Lipinski definition) is 4. The van der Waals surface area contributed by atoms with Crippen molar-refractivity contribution in [2.24, 2.45) is 0 Å². The standard InChI is InChI=1S/C25H19N3O2S/c29-24(30)16-31-25-27-26-23(15-20-10-5-9-18-7-3-4-11-22(18)20)28(25)21-13-12-17-6-1-2-8-19(17)14-21/h1-14H,15-16H2,(H,29,30). The van der Waals surface area contributed by atoms with E-state index < -0.39 is 5.97 Å². The minimum Gasteiger partial charge on any atom is -0.481 e. The van der Waals surface area contributed by atoms with Gasteiger partial charge in [-0.25, -0.2) is 0 Å². The summed E-state index contributed by atoms with van der Waals surface area (Å²) in [5.74, 6) is -0.173. The molecular weight excluding hydrogens is 406 g/mol. The second-order valence-corrected chi connectivity index (χ2v) is 8.21. The van der Waals surface area contributed by atoms with E-state index in [0.29, 0.717) is 11.6 Å². The molecule has 0 bridgehead atoms. The summed E-state index contributed by atoms with van der Waals surface area (Å²) in [4.78, 5) is 11.2. The van der Waals surface area contributed by atoms with Crippen molar-refractivity contribution in [2.75, 3.05) is 5.75 Å². The van der Waals surface area contributed by atoms with Gasteiger partial charge in [-0.3, -0.25) is 9.36 Å². The van der Waals surface area contributed by atoms with E-state index in [1.54, 1.807) is 0 Å². The summed E-state index contributed by atoms with van der Waals surface area (Å²) in [5, 5.41) is 23.1. The summed E-state index contributed by atoms with van der Waals surface area (Å²) in [7, 11) is 0. The number of hydrogen-bond donors (Lipinski definition) is 1. The molecule has 31 heavy (non-hydrogen) atoms. The van der Waals surface area contributed by atoms with Crippen LogP contribution in [-0.4, -0.2) is 31.6 Å². The molecule has 5 aromatic rings. The first kappa shape index (κ1) is 19.3. The lowest BCUT2D eigenvalue weighted by atomic mass is 10.0. The molecule has 0 saturated heterocycles. The third kappa shape index (κ3) is 3.90. The van der Waals surface area contributed by atoms with E-state index in [1.807, 2.05) is 34.9 Å². The van der Waals surface area contributed by atoms with E-state index in [9.17, 15) is 4.79 Å². The summed E-state index contributed by atoms with van der Waals surface area (Å²) in [6.07, 6.45) is 0.592. The molecule has 5 nitrogen and oxygen atoms in total. The zero-order valence-electron chi connectivity index (χ0n) is 16.6. The lowest BCUT2D eigenvalue weighted by molar-refractivity contribution is -0.133. The van der Waals surface area contributed by atoms with Crippen molar-refractivity contribution >= 4 is 39.3 Å². The predicted octanol–water partition coefficient (Wildman–Crippen LogP) is 5.34. The van der Waals surface area contributed by atoms with Crippen molar-refractivity contribution in [3.63, 3.8) is 0 Å². The van der Waals surface area contributed by atoms with Crippen molar-refractivity contribution < 1.29 is 9.90 Å². The van der Waals surface area contributed by atoms with Crippen LogP contribution in [-0.2, 0) is 11.2 Å². The summed E-state index contributed by atoms with van der Waals surface area (Å²) in [6, 6.07) is 28.9. The van der Waals surface area contributed by atoms with Crippen molar-refractivity contribution in [3.8, 4) is 5.69 Å². The van der Waals surface area contributed by atoms with Crippen LogP contribution in [0.25, 0.3) is 27.2 Å². The summed E-state index contributed by atoms with van der Waals surface area (Å²) in [5.41, 5.74) is 2.08. The molecule has 5 rings (SSSR count). The Kier molecular flexibility index (Phi) is 5.14. The SMILES string of the molecule is O=C(O)CSc1nnc(Cc2cccc3ccccc23)n1-c1ccc2ccccc2c1. The van der Waals surface area contributed by atoms with Gasteiger partial charge in [0.05, 0.1) is 11.4 Å². The van der Waals surface area contributed by atoms with Crippen LogP contribution in [0.2, 0.25) is 0 Å². The molecule has 4 aromatic carbocycles. The number of carboxylic acids is 1. The maximum absolute atomic E-state index is 11.2. The number of carboxylic acid groups (broad SMARTS) is 1. The lowest BCUT2D eigenvalue weighted by Gasteiger charge is -2.12. The van der Waals surface area contributed by atoms with Gasteiger partial charge in [-0.2, -0.15) is 0 Å². The fraction of sp³-hybridized carbons (Fsp3) is 0.0800. The molecule has 0 aliphatic rings. The Labute approximate surface area is 183 Å². The molecule has 0 fully saturated rings. The summed E-state index contributed by atoms with van der Waals surface area (Å²) >= 11 is 1.18. The van der Waals surface area contributed by atoms with Gasteiger partial charge >= 0.3 is 5.97 Å². The first-order valence-corrected chi connectivity index (χ1v) is 10.9. The monoisotopic (exact) mass is 425 g/mol. The predicted molar refractivity (Wildman–Crippen MR) is 124 cm³/mol. The molecule has 6 heteroatoms. The Bertz CT molecular complexity index is 1410. The third-order valence-electron chi connectivity index (χ3n) is 5.24. The fourth-order valence-electron chi connectivity index (χ4n) is 3.83. The number of benzene rings is 4. The zero-order chi connectivity index (χ0) is 21.2. The molecule has 0 aliphatic heterocycles. The van der Waals surface area contributed by atoms with Gasteiger partial charge in [0, 0.05) is 6.42 Å². The molecule has 0 spiro atoms. The maximum Gasteiger partial charge on any atom is 0.313 e. The fourth-order valence-corrected chi connectivity index (χ4v) is 4.52. The summed E-state index contributed by atoms with van der Waals surface area (Å²) < 4.78 is 1.97. The van der Waals surface area contributed by atoms with Gasteiger partial charge in [0.1, 0.15) is 5.82 Å². The normalized spacial score (nSPS) is 11.2.